The van der Waals surface area contributed by atoms with Crippen LogP contribution in [0, 0.1) is 0 Å². The Hall–Kier alpha value is -9.28. The largest absolute Gasteiger partial charge is 2.00 e. The van der Waals surface area contributed by atoms with Gasteiger partial charge >= 0.3 is 52.0 Å². The average Bonchev–Trinajstić information content (AvgIpc) is 1.76. The van der Waals surface area contributed by atoms with Gasteiger partial charge in [0, 0.05) is 26.7 Å². The van der Waals surface area contributed by atoms with E-state index in [1.165, 1.54) is 36.4 Å². The molecule has 0 aliphatic carbocycles. The molecular formula is C87H104Fe2N2O13. The predicted octanol–water partition coefficient (Wildman–Crippen LogP) is 16.6. The first-order valence-corrected chi connectivity index (χ1v) is 34.9. The van der Waals surface area contributed by atoms with Crippen molar-refractivity contribution in [2.45, 2.75) is 102 Å². The van der Waals surface area contributed by atoms with Crippen molar-refractivity contribution in [3.63, 3.8) is 0 Å². The van der Waals surface area contributed by atoms with Gasteiger partial charge in [-0.1, -0.05) is 123 Å². The molecule has 0 spiro atoms. The number of rotatable bonds is 34. The fourth-order valence-corrected chi connectivity index (χ4v) is 11.2. The molecule has 3 N–H and O–H groups in total. The predicted molar refractivity (Wildman–Crippen MR) is 406 cm³/mol. The summed E-state index contributed by atoms with van der Waals surface area (Å²) in [5.41, 5.74) is 14.6. The molecule has 0 saturated carbocycles. The number of methoxy groups -OCH3 is 5. The third-order valence-electron chi connectivity index (χ3n) is 16.5. The molecule has 556 valence electrons. The van der Waals surface area contributed by atoms with Crippen LogP contribution in [-0.4, -0.2) is 99.9 Å². The van der Waals surface area contributed by atoms with Crippen molar-refractivity contribution >= 4 is 23.8 Å². The molecule has 0 heterocycles. The van der Waals surface area contributed by atoms with Crippen molar-refractivity contribution in [3.8, 4) is 23.0 Å². The molecule has 15 nitrogen and oxygen atoms in total. The van der Waals surface area contributed by atoms with Crippen molar-refractivity contribution in [2.24, 2.45) is 5.73 Å². The number of carbonyl (C=O) groups is 4. The van der Waals surface area contributed by atoms with Gasteiger partial charge in [0.15, 0.2) is 0 Å². The molecule has 0 aromatic heterocycles. The number of nitrogens with two attached hydrogens (primary N) is 1. The van der Waals surface area contributed by atoms with E-state index in [9.17, 15) is 19.2 Å². The van der Waals surface area contributed by atoms with Crippen LogP contribution in [0.1, 0.15) is 121 Å². The van der Waals surface area contributed by atoms with Crippen LogP contribution in [0.2, 0.25) is 0 Å². The second kappa shape index (κ2) is 51.8. The number of hydrogen-bond acceptors (Lipinski definition) is 14. The number of hydrogen-bond donors (Lipinski definition) is 2. The average molecular weight is 1500 g/mol. The molecule has 0 unspecified atom stereocenters. The second-order valence-electron chi connectivity index (χ2n) is 23.0. The van der Waals surface area contributed by atoms with Gasteiger partial charge in [-0.05, 0) is 140 Å². The van der Waals surface area contributed by atoms with Gasteiger partial charge in [0.05, 0.1) is 68.0 Å². The number of ether oxygens (including phenoxy) is 9. The van der Waals surface area contributed by atoms with Crippen molar-refractivity contribution in [1.82, 2.24) is 5.32 Å². The van der Waals surface area contributed by atoms with E-state index >= 15 is 0 Å². The van der Waals surface area contributed by atoms with Gasteiger partial charge in [-0.15, -0.1) is 0 Å². The SMILES string of the molecule is CC.CN.CNC(=O)CCC(=O)OCCCc1ccc[cH-]1.COC(=O)CCC(=O)OCCCc1ccc[cH-]1.COc1ccc(C(OCCCc2ccc[cH-]2)(c2ccccc2)c2ccc(OC)cc2)cc1.COc1ccc(C(OCCCc2ccc[cH-]2)(c2ccccc2)c2ccc(OC)cc2)cc1.[Fe+2].[Fe+2]. The Morgan fingerprint density at radius 3 is 0.856 bits per heavy atom. The van der Waals surface area contributed by atoms with E-state index in [1.807, 2.05) is 123 Å². The van der Waals surface area contributed by atoms with Gasteiger partial charge in [-0.25, -0.2) is 48.5 Å². The van der Waals surface area contributed by atoms with Gasteiger partial charge in [-0.3, -0.25) is 19.2 Å². The Morgan fingerprint density at radius 2 is 0.606 bits per heavy atom. The van der Waals surface area contributed by atoms with Crippen LogP contribution in [0.3, 0.4) is 0 Å². The van der Waals surface area contributed by atoms with E-state index in [0.29, 0.717) is 26.4 Å². The van der Waals surface area contributed by atoms with E-state index in [2.05, 4.69) is 161 Å². The molecule has 0 aliphatic rings. The molecule has 17 heteroatoms. The molecule has 0 aliphatic heterocycles. The normalized spacial score (nSPS) is 10.3. The van der Waals surface area contributed by atoms with Crippen molar-refractivity contribution in [3.05, 3.63) is 310 Å². The van der Waals surface area contributed by atoms with Crippen LogP contribution in [-0.2, 0) is 114 Å². The standard InChI is InChI=1S/2C29H29O3.C13H18NO3.C13H17O4.C2H6.CH5N.2Fe/c2*1-30-27-18-14-25(15-19-27)29(24-12-4-3-5-13-24,26-16-20-28(31-2)21-17-26)32-22-8-11-23-9-6-7-10-23;1-14-12(15)8-9-13(16)17-10-4-7-11-5-2-3-6-11;1-16-12(14)8-9-13(15)17-10-4-7-11-5-2-3-6-11;2*1-2;;/h2*3-7,9-10,12-21H,8,11,22H2,1-2H3;2-3,5-6H,4,7-10H2,1H3,(H,14,15);2-3,5-6H,4,7-10H2,1H3;1-2H3;2H2,1H3;;/q4*-1;;;2*+2. The second-order valence-corrected chi connectivity index (χ2v) is 23.0. The zero-order chi connectivity index (χ0) is 73.5. The molecule has 0 saturated heterocycles. The summed E-state index contributed by atoms with van der Waals surface area (Å²) in [5.74, 6) is 2.10. The first kappa shape index (κ1) is 88.9. The Labute approximate surface area is 638 Å². The summed E-state index contributed by atoms with van der Waals surface area (Å²) in [6.07, 6.45) is 7.79. The molecule has 0 atom stereocenters. The Balaban J connectivity index is 0.000000366. The molecule has 0 radical (unpaired) electrons. The third kappa shape index (κ3) is 29.5. The van der Waals surface area contributed by atoms with Crippen molar-refractivity contribution in [2.75, 3.05) is 76.1 Å². The van der Waals surface area contributed by atoms with Crippen LogP contribution in [0.25, 0.3) is 0 Å². The van der Waals surface area contributed by atoms with Crippen molar-refractivity contribution in [1.29, 1.82) is 0 Å². The van der Waals surface area contributed by atoms with E-state index in [4.69, 9.17) is 37.9 Å². The van der Waals surface area contributed by atoms with E-state index in [-0.39, 0.29) is 77.7 Å². The fourth-order valence-electron chi connectivity index (χ4n) is 11.2. The minimum atomic E-state index is -0.744. The topological polar surface area (TPSA) is 189 Å². The first-order valence-electron chi connectivity index (χ1n) is 34.9. The van der Waals surface area contributed by atoms with Crippen LogP contribution in [0.15, 0.2) is 255 Å². The minimum Gasteiger partial charge on any atom is -0.497 e. The van der Waals surface area contributed by atoms with E-state index in [0.717, 1.165) is 108 Å². The van der Waals surface area contributed by atoms with E-state index < -0.39 is 17.2 Å². The quantitative estimate of drug-likeness (QED) is 0.00967. The van der Waals surface area contributed by atoms with Gasteiger partial charge in [0.2, 0.25) is 5.91 Å². The van der Waals surface area contributed by atoms with Gasteiger partial charge < -0.3 is 53.7 Å². The number of esters is 3. The molecule has 0 bridgehead atoms. The molecule has 0 fully saturated rings. The van der Waals surface area contributed by atoms with Crippen LogP contribution < -0.4 is 30.0 Å². The molecule has 104 heavy (non-hydrogen) atoms. The maximum atomic E-state index is 11.2. The zero-order valence-corrected chi connectivity index (χ0v) is 63.9. The molecule has 1 amide bonds. The Kier molecular flexibility index (Phi) is 44.3. The van der Waals surface area contributed by atoms with Crippen LogP contribution in [0.5, 0.6) is 23.0 Å². The third-order valence-corrected chi connectivity index (χ3v) is 16.5. The maximum Gasteiger partial charge on any atom is 2.00 e. The summed E-state index contributed by atoms with van der Waals surface area (Å²) in [6.45, 7) is 6.05. The summed E-state index contributed by atoms with van der Waals surface area (Å²) in [7, 11) is 11.1. The molecular weight excluding hydrogens is 1390 g/mol. The maximum absolute atomic E-state index is 11.2. The molecule has 10 aromatic carbocycles. The van der Waals surface area contributed by atoms with Gasteiger partial charge in [0.1, 0.15) is 34.2 Å². The van der Waals surface area contributed by atoms with Gasteiger partial charge in [-0.2, -0.15) is 70.8 Å². The fraction of sp³-hybridized carbons (Fsp3) is 0.310. The number of benzene rings is 6. The number of aryl methyl sites for hydroxylation is 4. The summed E-state index contributed by atoms with van der Waals surface area (Å²) in [5, 5.41) is 2.46. The first-order chi connectivity index (χ1) is 50.0. The van der Waals surface area contributed by atoms with Gasteiger partial charge in [0.25, 0.3) is 0 Å². The van der Waals surface area contributed by atoms with E-state index in [1.54, 1.807) is 35.5 Å². The summed E-state index contributed by atoms with van der Waals surface area (Å²) in [4.78, 5) is 44.1. The molecule has 10 rings (SSSR count). The zero-order valence-electron chi connectivity index (χ0n) is 61.7. The monoisotopic (exact) mass is 1500 g/mol. The summed E-state index contributed by atoms with van der Waals surface area (Å²) < 4.78 is 49.8. The number of amides is 1. The number of nitrogens with one attached hydrogen (secondary N) is 1. The Bertz CT molecular complexity index is 3430. The summed E-state index contributed by atoms with van der Waals surface area (Å²) >= 11 is 0. The summed E-state index contributed by atoms with van der Waals surface area (Å²) in [6, 6.07) is 86.6. The molecule has 10 aromatic rings. The smallest absolute Gasteiger partial charge is 0.497 e. The van der Waals surface area contributed by atoms with Crippen molar-refractivity contribution < 1.29 is 95.9 Å². The Morgan fingerprint density at radius 1 is 0.346 bits per heavy atom. The van der Waals surface area contributed by atoms with Crippen LogP contribution >= 0.6 is 0 Å². The number of carbonyl (C=O) groups excluding carboxylic acids is 4. The van der Waals surface area contributed by atoms with Crippen LogP contribution in [0.4, 0.5) is 0 Å². The minimum absolute atomic E-state index is 0.